The number of halogens is 2. The van der Waals surface area contributed by atoms with Crippen LogP contribution in [0.5, 0.6) is 11.5 Å². The van der Waals surface area contributed by atoms with E-state index in [0.717, 1.165) is 4.68 Å². The molecular formula is C18H13F2N5O4. The maximum absolute atomic E-state index is 12.5. The predicted octanol–water partition coefficient (Wildman–Crippen LogP) is 2.50. The molecule has 2 heterocycles. The minimum atomic E-state index is -2.98. The molecule has 0 unspecified atom stereocenters. The largest absolute Gasteiger partial charge is 0.493 e. The maximum Gasteiger partial charge on any atom is 0.387 e. The van der Waals surface area contributed by atoms with E-state index >= 15 is 0 Å². The third kappa shape index (κ3) is 3.74. The summed E-state index contributed by atoms with van der Waals surface area (Å²) in [4.78, 5) is 16.7. The van der Waals surface area contributed by atoms with E-state index in [4.69, 9.17) is 9.26 Å². The van der Waals surface area contributed by atoms with E-state index in [1.807, 2.05) is 0 Å². The van der Waals surface area contributed by atoms with Gasteiger partial charge in [-0.3, -0.25) is 4.79 Å². The van der Waals surface area contributed by atoms with E-state index in [-0.39, 0.29) is 35.3 Å². The number of alkyl halides is 2. The number of ether oxygens (including phenoxy) is 2. The Morgan fingerprint density at radius 3 is 2.79 bits per heavy atom. The predicted molar refractivity (Wildman–Crippen MR) is 95.8 cm³/mol. The second-order valence-electron chi connectivity index (χ2n) is 5.83. The summed E-state index contributed by atoms with van der Waals surface area (Å²) in [6.07, 6.45) is 0. The highest BCUT2D eigenvalue weighted by Gasteiger charge is 2.16. The molecule has 4 rings (SSSR count). The van der Waals surface area contributed by atoms with Crippen molar-refractivity contribution in [3.05, 3.63) is 58.7 Å². The molecule has 0 spiro atoms. The van der Waals surface area contributed by atoms with Crippen molar-refractivity contribution in [1.29, 1.82) is 0 Å². The molecular weight excluding hydrogens is 388 g/mol. The summed E-state index contributed by atoms with van der Waals surface area (Å²) in [5, 5.41) is 12.1. The van der Waals surface area contributed by atoms with Crippen LogP contribution in [-0.4, -0.2) is 38.9 Å². The summed E-state index contributed by atoms with van der Waals surface area (Å²) in [5.74, 6) is 0.279. The van der Waals surface area contributed by atoms with Crippen LogP contribution in [-0.2, 0) is 6.54 Å². The molecule has 2 aromatic heterocycles. The fourth-order valence-electron chi connectivity index (χ4n) is 2.69. The molecule has 0 saturated carbocycles. The molecule has 29 heavy (non-hydrogen) atoms. The summed E-state index contributed by atoms with van der Waals surface area (Å²) < 4.78 is 40.6. The van der Waals surface area contributed by atoms with Crippen LogP contribution in [0.25, 0.3) is 22.3 Å². The Morgan fingerprint density at radius 2 is 2.00 bits per heavy atom. The van der Waals surface area contributed by atoms with Crippen LogP contribution >= 0.6 is 0 Å². The van der Waals surface area contributed by atoms with Gasteiger partial charge in [0, 0.05) is 5.56 Å². The normalized spacial score (nSPS) is 11.2. The lowest BCUT2D eigenvalue weighted by molar-refractivity contribution is -0.0512. The van der Waals surface area contributed by atoms with Crippen molar-refractivity contribution in [2.75, 3.05) is 7.11 Å². The third-order valence-electron chi connectivity index (χ3n) is 4.02. The number of methoxy groups -OCH3 is 1. The van der Waals surface area contributed by atoms with Crippen molar-refractivity contribution in [2.24, 2.45) is 0 Å². The van der Waals surface area contributed by atoms with Gasteiger partial charge in [0.1, 0.15) is 12.1 Å². The second kappa shape index (κ2) is 7.62. The Morgan fingerprint density at radius 1 is 1.17 bits per heavy atom. The lowest BCUT2D eigenvalue weighted by atomic mass is 10.2. The number of nitrogens with zero attached hydrogens (tertiary/aromatic N) is 5. The van der Waals surface area contributed by atoms with Crippen molar-refractivity contribution in [1.82, 2.24) is 25.1 Å². The Bertz CT molecular complexity index is 1220. The highest BCUT2D eigenvalue weighted by Crippen LogP contribution is 2.32. The molecule has 0 radical (unpaired) electrons. The van der Waals surface area contributed by atoms with E-state index in [2.05, 4.69) is 25.2 Å². The van der Waals surface area contributed by atoms with Crippen LogP contribution in [0, 0.1) is 0 Å². The van der Waals surface area contributed by atoms with Gasteiger partial charge in [0.2, 0.25) is 11.7 Å². The summed E-state index contributed by atoms with van der Waals surface area (Å²) >= 11 is 0. The molecule has 4 aromatic rings. The van der Waals surface area contributed by atoms with Gasteiger partial charge in [-0.1, -0.05) is 22.5 Å². The smallest absolute Gasteiger partial charge is 0.387 e. The SMILES string of the molecule is COc1cc(-c2noc(Cn3nnc4ccccc4c3=O)n2)ccc1OC(F)F. The van der Waals surface area contributed by atoms with Crippen molar-refractivity contribution in [2.45, 2.75) is 13.2 Å². The van der Waals surface area contributed by atoms with Gasteiger partial charge in [0.15, 0.2) is 11.5 Å². The lowest BCUT2D eigenvalue weighted by Gasteiger charge is -2.10. The zero-order valence-electron chi connectivity index (χ0n) is 15.0. The first-order valence-electron chi connectivity index (χ1n) is 8.33. The molecule has 0 amide bonds. The van der Waals surface area contributed by atoms with Gasteiger partial charge in [0.25, 0.3) is 5.56 Å². The second-order valence-corrected chi connectivity index (χ2v) is 5.83. The van der Waals surface area contributed by atoms with Crippen LogP contribution in [0.1, 0.15) is 5.89 Å². The summed E-state index contributed by atoms with van der Waals surface area (Å²) in [5.41, 5.74) is 0.596. The van der Waals surface area contributed by atoms with Gasteiger partial charge in [-0.15, -0.1) is 5.10 Å². The summed E-state index contributed by atoms with van der Waals surface area (Å²) in [7, 11) is 1.32. The van der Waals surface area contributed by atoms with E-state index < -0.39 is 6.61 Å². The maximum atomic E-state index is 12.5. The van der Waals surface area contributed by atoms with E-state index in [9.17, 15) is 13.6 Å². The van der Waals surface area contributed by atoms with E-state index in [0.29, 0.717) is 16.5 Å². The number of hydrogen-bond donors (Lipinski definition) is 0. The first-order valence-corrected chi connectivity index (χ1v) is 8.33. The summed E-state index contributed by atoms with van der Waals surface area (Å²) in [6.45, 7) is -3.05. The van der Waals surface area contributed by atoms with Crippen molar-refractivity contribution in [3.8, 4) is 22.9 Å². The standard InChI is InChI=1S/C18H13F2N5O4/c1-27-14-8-10(6-7-13(14)28-18(19)20)16-21-15(29-23-16)9-25-17(26)11-4-2-3-5-12(11)22-24-25/h2-8,18H,9H2,1H3. The van der Waals surface area contributed by atoms with Crippen molar-refractivity contribution < 1.29 is 22.8 Å². The minimum Gasteiger partial charge on any atom is -0.493 e. The Labute approximate surface area is 161 Å². The zero-order valence-corrected chi connectivity index (χ0v) is 15.0. The van der Waals surface area contributed by atoms with Crippen molar-refractivity contribution in [3.63, 3.8) is 0 Å². The number of rotatable bonds is 6. The molecule has 0 fully saturated rings. The Hall–Kier alpha value is -3.89. The zero-order chi connectivity index (χ0) is 20.4. The van der Waals surface area contributed by atoms with Gasteiger partial charge in [-0.25, -0.2) is 4.68 Å². The molecule has 0 aliphatic carbocycles. The monoisotopic (exact) mass is 401 g/mol. The minimum absolute atomic E-state index is 0.0760. The van der Waals surface area contributed by atoms with E-state index in [1.54, 1.807) is 24.3 Å². The highest BCUT2D eigenvalue weighted by atomic mass is 19.3. The molecule has 148 valence electrons. The summed E-state index contributed by atoms with van der Waals surface area (Å²) in [6, 6.07) is 11.1. The Balaban J connectivity index is 1.61. The van der Waals surface area contributed by atoms with Crippen LogP contribution in [0.4, 0.5) is 8.78 Å². The average Bonchev–Trinajstić information content (AvgIpc) is 3.19. The molecule has 0 atom stereocenters. The molecule has 0 saturated heterocycles. The first kappa shape index (κ1) is 18.5. The quantitative estimate of drug-likeness (QED) is 0.485. The molecule has 0 N–H and O–H groups in total. The van der Waals surface area contributed by atoms with E-state index in [1.165, 1.54) is 25.3 Å². The fraction of sp³-hybridized carbons (Fsp3) is 0.167. The van der Waals surface area contributed by atoms with Gasteiger partial charge in [-0.2, -0.15) is 13.8 Å². The fourth-order valence-corrected chi connectivity index (χ4v) is 2.69. The van der Waals surface area contributed by atoms with Crippen molar-refractivity contribution >= 4 is 10.9 Å². The van der Waals surface area contributed by atoms with Gasteiger partial charge in [-0.05, 0) is 30.3 Å². The third-order valence-corrected chi connectivity index (χ3v) is 4.02. The molecule has 0 aliphatic rings. The highest BCUT2D eigenvalue weighted by molar-refractivity contribution is 5.76. The lowest BCUT2D eigenvalue weighted by Crippen LogP contribution is -2.24. The Kier molecular flexibility index (Phi) is 4.85. The van der Waals surface area contributed by atoms with Gasteiger partial charge < -0.3 is 14.0 Å². The number of benzene rings is 2. The number of aromatic nitrogens is 5. The van der Waals surface area contributed by atoms with Gasteiger partial charge >= 0.3 is 6.61 Å². The van der Waals surface area contributed by atoms with Gasteiger partial charge in [0.05, 0.1) is 12.5 Å². The van der Waals surface area contributed by atoms with Crippen LogP contribution in [0.3, 0.4) is 0 Å². The number of hydrogen-bond acceptors (Lipinski definition) is 8. The van der Waals surface area contributed by atoms with Crippen LogP contribution in [0.2, 0.25) is 0 Å². The molecule has 11 heteroatoms. The topological polar surface area (TPSA) is 105 Å². The first-order chi connectivity index (χ1) is 14.0. The van der Waals surface area contributed by atoms with Crippen LogP contribution in [0.15, 0.2) is 51.8 Å². The van der Waals surface area contributed by atoms with Crippen LogP contribution < -0.4 is 15.0 Å². The average molecular weight is 401 g/mol. The molecule has 9 nitrogen and oxygen atoms in total. The molecule has 0 bridgehead atoms. The molecule has 2 aromatic carbocycles. The number of fused-ring (bicyclic) bond motifs is 1. The molecule has 0 aliphatic heterocycles.